The number of rotatable bonds is 7. The van der Waals surface area contributed by atoms with E-state index in [4.69, 9.17) is 4.74 Å². The van der Waals surface area contributed by atoms with Crippen molar-refractivity contribution in [2.75, 3.05) is 25.0 Å². The second-order valence-corrected chi connectivity index (χ2v) is 9.49. The van der Waals surface area contributed by atoms with Crippen LogP contribution in [0, 0.1) is 5.92 Å². The average molecular weight is 459 g/mol. The van der Waals surface area contributed by atoms with Gasteiger partial charge in [-0.15, -0.1) is 0 Å². The number of carbonyl (C=O) groups is 3. The van der Waals surface area contributed by atoms with E-state index < -0.39 is 16.0 Å². The summed E-state index contributed by atoms with van der Waals surface area (Å²) in [7, 11) is -3.74. The van der Waals surface area contributed by atoms with E-state index >= 15 is 0 Å². The molecule has 1 N–H and O–H groups in total. The first kappa shape index (κ1) is 23.6. The molecule has 2 aromatic carbocycles. The van der Waals surface area contributed by atoms with Crippen molar-refractivity contribution in [3.05, 3.63) is 59.7 Å². The Labute approximate surface area is 187 Å². The monoisotopic (exact) mass is 458 g/mol. The molecular formula is C23H26N2O6S. The van der Waals surface area contributed by atoms with Crippen LogP contribution in [-0.2, 0) is 19.6 Å². The van der Waals surface area contributed by atoms with Gasteiger partial charge in [-0.1, -0.05) is 12.1 Å². The lowest BCUT2D eigenvalue weighted by molar-refractivity contribution is -0.120. The number of carbonyl (C=O) groups excluding carboxylic acids is 3. The largest absolute Gasteiger partial charge is 0.462 e. The van der Waals surface area contributed by atoms with Gasteiger partial charge in [-0.05, 0) is 63.1 Å². The van der Waals surface area contributed by atoms with E-state index in [-0.39, 0.29) is 42.2 Å². The lowest BCUT2D eigenvalue weighted by Crippen LogP contribution is -2.41. The van der Waals surface area contributed by atoms with Crippen molar-refractivity contribution in [3.63, 3.8) is 0 Å². The number of hydrogen-bond acceptors (Lipinski definition) is 6. The fraction of sp³-hybridized carbons (Fsp3) is 0.348. The number of piperidine rings is 1. The van der Waals surface area contributed by atoms with Crippen molar-refractivity contribution in [2.45, 2.75) is 31.6 Å². The third-order valence-electron chi connectivity index (χ3n) is 5.37. The molecular weight excluding hydrogens is 432 g/mol. The van der Waals surface area contributed by atoms with E-state index in [0.717, 1.165) is 0 Å². The Morgan fingerprint density at radius 3 is 2.28 bits per heavy atom. The van der Waals surface area contributed by atoms with Gasteiger partial charge < -0.3 is 10.1 Å². The maximum Gasteiger partial charge on any atom is 0.338 e. The van der Waals surface area contributed by atoms with Crippen LogP contribution >= 0.6 is 0 Å². The van der Waals surface area contributed by atoms with Gasteiger partial charge in [-0.3, -0.25) is 9.59 Å². The molecule has 0 spiro atoms. The van der Waals surface area contributed by atoms with E-state index in [2.05, 4.69) is 5.32 Å². The fourth-order valence-electron chi connectivity index (χ4n) is 3.53. The van der Waals surface area contributed by atoms with Gasteiger partial charge in [0, 0.05) is 30.3 Å². The van der Waals surface area contributed by atoms with Gasteiger partial charge in [-0.2, -0.15) is 4.31 Å². The maximum absolute atomic E-state index is 12.9. The predicted molar refractivity (Wildman–Crippen MR) is 119 cm³/mol. The molecule has 170 valence electrons. The van der Waals surface area contributed by atoms with Gasteiger partial charge in [0.1, 0.15) is 0 Å². The van der Waals surface area contributed by atoms with Crippen molar-refractivity contribution >= 4 is 33.4 Å². The number of Topliss-reactive ketones (excluding diaryl/α,β-unsaturated/α-hetero) is 1. The summed E-state index contributed by atoms with van der Waals surface area (Å²) in [6.45, 7) is 3.83. The van der Waals surface area contributed by atoms with Crippen LogP contribution in [0.2, 0.25) is 0 Å². The molecule has 9 heteroatoms. The Kier molecular flexibility index (Phi) is 7.42. The number of anilines is 1. The molecule has 0 aliphatic carbocycles. The van der Waals surface area contributed by atoms with Gasteiger partial charge in [0.25, 0.3) is 0 Å². The molecule has 0 unspecified atom stereocenters. The topological polar surface area (TPSA) is 110 Å². The number of nitrogens with zero attached hydrogens (tertiary/aromatic N) is 1. The standard InChI is InChI=1S/C23H26N2O6S/c1-3-31-23(28)18-7-9-20(10-8-18)24-22(27)17-11-13-25(14-12-17)32(29,30)21-6-4-5-19(15-21)16(2)26/h4-10,15,17H,3,11-14H2,1-2H3,(H,24,27). The molecule has 0 atom stereocenters. The van der Waals surface area contributed by atoms with E-state index in [1.807, 2.05) is 0 Å². The molecule has 1 saturated heterocycles. The summed E-state index contributed by atoms with van der Waals surface area (Å²) in [4.78, 5) is 36.0. The van der Waals surface area contributed by atoms with Crippen LogP contribution in [0.1, 0.15) is 47.4 Å². The number of amides is 1. The molecule has 3 rings (SSSR count). The molecule has 1 fully saturated rings. The minimum Gasteiger partial charge on any atom is -0.462 e. The van der Waals surface area contributed by atoms with Gasteiger partial charge in [-0.25, -0.2) is 13.2 Å². The summed E-state index contributed by atoms with van der Waals surface area (Å²) in [6.07, 6.45) is 0.775. The first-order valence-corrected chi connectivity index (χ1v) is 11.9. The van der Waals surface area contributed by atoms with Crippen LogP contribution in [0.4, 0.5) is 5.69 Å². The number of esters is 1. The Hall–Kier alpha value is -3.04. The molecule has 8 nitrogen and oxygen atoms in total. The van der Waals surface area contributed by atoms with E-state index in [1.54, 1.807) is 43.3 Å². The second-order valence-electron chi connectivity index (χ2n) is 7.55. The molecule has 32 heavy (non-hydrogen) atoms. The summed E-state index contributed by atoms with van der Waals surface area (Å²) in [5, 5.41) is 2.82. The molecule has 0 bridgehead atoms. The average Bonchev–Trinajstić information content (AvgIpc) is 2.80. The zero-order valence-corrected chi connectivity index (χ0v) is 18.9. The highest BCUT2D eigenvalue weighted by atomic mass is 32.2. The lowest BCUT2D eigenvalue weighted by atomic mass is 9.97. The summed E-state index contributed by atoms with van der Waals surface area (Å²) in [5.41, 5.74) is 1.30. The highest BCUT2D eigenvalue weighted by molar-refractivity contribution is 7.89. The number of sulfonamides is 1. The van der Waals surface area contributed by atoms with Crippen LogP contribution < -0.4 is 5.32 Å². The van der Waals surface area contributed by atoms with Crippen LogP contribution in [0.15, 0.2) is 53.4 Å². The first-order valence-electron chi connectivity index (χ1n) is 10.4. The molecule has 2 aromatic rings. The number of hydrogen-bond donors (Lipinski definition) is 1. The number of nitrogens with one attached hydrogen (secondary N) is 1. The van der Waals surface area contributed by atoms with E-state index in [9.17, 15) is 22.8 Å². The lowest BCUT2D eigenvalue weighted by Gasteiger charge is -2.30. The van der Waals surface area contributed by atoms with Gasteiger partial charge >= 0.3 is 5.97 Å². The number of ketones is 1. The molecule has 0 radical (unpaired) electrons. The van der Waals surface area contributed by atoms with Crippen LogP contribution in [0.5, 0.6) is 0 Å². The molecule has 1 heterocycles. The molecule has 1 aliphatic rings. The molecule has 0 saturated carbocycles. The summed E-state index contributed by atoms with van der Waals surface area (Å²) in [6, 6.07) is 12.4. The quantitative estimate of drug-likeness (QED) is 0.504. The van der Waals surface area contributed by atoms with Crippen molar-refractivity contribution in [3.8, 4) is 0 Å². The summed E-state index contributed by atoms with van der Waals surface area (Å²) >= 11 is 0. The second kappa shape index (κ2) is 10.1. The Morgan fingerprint density at radius 2 is 1.69 bits per heavy atom. The minimum atomic E-state index is -3.74. The van der Waals surface area contributed by atoms with Gasteiger partial charge in [0.05, 0.1) is 17.1 Å². The predicted octanol–water partition coefficient (Wildman–Crippen LogP) is 3.11. The van der Waals surface area contributed by atoms with Crippen molar-refractivity contribution in [1.82, 2.24) is 4.31 Å². The highest BCUT2D eigenvalue weighted by Crippen LogP contribution is 2.25. The van der Waals surface area contributed by atoms with Crippen molar-refractivity contribution < 1.29 is 27.5 Å². The minimum absolute atomic E-state index is 0.0785. The zero-order valence-electron chi connectivity index (χ0n) is 18.0. The number of ether oxygens (including phenoxy) is 1. The van der Waals surface area contributed by atoms with Crippen molar-refractivity contribution in [1.29, 1.82) is 0 Å². The smallest absolute Gasteiger partial charge is 0.338 e. The van der Waals surface area contributed by atoms with Crippen LogP contribution in [0.3, 0.4) is 0 Å². The van der Waals surface area contributed by atoms with E-state index in [0.29, 0.717) is 29.7 Å². The van der Waals surface area contributed by atoms with Crippen molar-refractivity contribution in [2.24, 2.45) is 5.92 Å². The zero-order chi connectivity index (χ0) is 23.3. The van der Waals surface area contributed by atoms with Crippen LogP contribution in [0.25, 0.3) is 0 Å². The molecule has 0 aromatic heterocycles. The first-order chi connectivity index (χ1) is 15.2. The molecule has 1 aliphatic heterocycles. The summed E-state index contributed by atoms with van der Waals surface area (Å²) in [5.74, 6) is -1.14. The van der Waals surface area contributed by atoms with Crippen LogP contribution in [-0.4, -0.2) is 50.1 Å². The van der Waals surface area contributed by atoms with E-state index in [1.165, 1.54) is 23.4 Å². The Balaban J connectivity index is 1.59. The van der Waals surface area contributed by atoms with Gasteiger partial charge in [0.2, 0.25) is 15.9 Å². The fourth-order valence-corrected chi connectivity index (χ4v) is 5.05. The summed E-state index contributed by atoms with van der Waals surface area (Å²) < 4.78 is 32.2. The maximum atomic E-state index is 12.9. The molecule has 1 amide bonds. The van der Waals surface area contributed by atoms with Gasteiger partial charge in [0.15, 0.2) is 5.78 Å². The Bertz CT molecular complexity index is 1100. The third-order valence-corrected chi connectivity index (χ3v) is 7.26. The number of benzene rings is 2. The SMILES string of the molecule is CCOC(=O)c1ccc(NC(=O)C2CCN(S(=O)(=O)c3cccc(C(C)=O)c3)CC2)cc1. The third kappa shape index (κ3) is 5.41. The highest BCUT2D eigenvalue weighted by Gasteiger charge is 2.32. The normalized spacial score (nSPS) is 15.2. The Morgan fingerprint density at radius 1 is 1.03 bits per heavy atom.